The Morgan fingerprint density at radius 2 is 1.84 bits per heavy atom. The lowest BCUT2D eigenvalue weighted by Gasteiger charge is -2.37. The predicted molar refractivity (Wildman–Crippen MR) is 123 cm³/mol. The van der Waals surface area contributed by atoms with Crippen LogP contribution in [0.1, 0.15) is 40.5 Å². The molecule has 2 aliphatic rings. The minimum absolute atomic E-state index is 0.0422. The molecule has 1 aliphatic heterocycles. The van der Waals surface area contributed by atoms with Crippen LogP contribution in [0.4, 0.5) is 5.00 Å². The molecule has 1 aromatic heterocycles. The Morgan fingerprint density at radius 1 is 1.12 bits per heavy atom. The summed E-state index contributed by atoms with van der Waals surface area (Å²) >= 11 is 7.07. The van der Waals surface area contributed by atoms with E-state index >= 15 is 0 Å². The highest BCUT2D eigenvalue weighted by molar-refractivity contribution is 7.14. The zero-order valence-corrected chi connectivity index (χ0v) is 19.2. The molecular weight excluding hydrogens is 452 g/mol. The van der Waals surface area contributed by atoms with Gasteiger partial charge in [-0.3, -0.25) is 19.3 Å². The van der Waals surface area contributed by atoms with E-state index < -0.39 is 5.91 Å². The molecule has 4 rings (SSSR count). The van der Waals surface area contributed by atoms with Crippen molar-refractivity contribution in [3.8, 4) is 5.75 Å². The number of piperazine rings is 1. The highest BCUT2D eigenvalue weighted by Crippen LogP contribution is 2.28. The number of carbonyl (C=O) groups excluding carboxylic acids is 3. The van der Waals surface area contributed by atoms with Gasteiger partial charge in [0.25, 0.3) is 11.8 Å². The molecule has 10 heteroatoms. The van der Waals surface area contributed by atoms with Crippen LogP contribution in [0.2, 0.25) is 5.02 Å². The fourth-order valence-corrected chi connectivity index (χ4v) is 4.58. The average molecular weight is 477 g/mol. The zero-order valence-electron chi connectivity index (χ0n) is 17.6. The summed E-state index contributed by atoms with van der Waals surface area (Å²) in [6, 6.07) is 6.03. The standard InChI is InChI=1S/C22H25ClN4O4S/c1-13(19(29)24-15-3-4-15)26-7-9-27(10-8-26)22(31)17-6-11-32-21(17)25-20(30)16-5-2-14(23)12-18(16)28/h2,5-6,11-13,15,28H,3-4,7-10H2,1H3,(H,24,29)(H,25,30)/t13-/m1/s1. The molecule has 1 saturated heterocycles. The van der Waals surface area contributed by atoms with E-state index in [1.54, 1.807) is 16.3 Å². The minimum Gasteiger partial charge on any atom is -0.507 e. The monoisotopic (exact) mass is 476 g/mol. The third kappa shape index (κ3) is 5.06. The summed E-state index contributed by atoms with van der Waals surface area (Å²) in [6.45, 7) is 4.11. The lowest BCUT2D eigenvalue weighted by molar-refractivity contribution is -0.126. The van der Waals surface area contributed by atoms with Gasteiger partial charge in [0.2, 0.25) is 5.91 Å². The Labute approximate surface area is 195 Å². The molecule has 0 unspecified atom stereocenters. The first kappa shape index (κ1) is 22.6. The molecule has 1 saturated carbocycles. The van der Waals surface area contributed by atoms with Gasteiger partial charge in [-0.25, -0.2) is 0 Å². The molecule has 2 heterocycles. The van der Waals surface area contributed by atoms with Gasteiger partial charge >= 0.3 is 0 Å². The van der Waals surface area contributed by atoms with Crippen molar-refractivity contribution in [3.05, 3.63) is 45.8 Å². The molecule has 2 fully saturated rings. The van der Waals surface area contributed by atoms with Crippen molar-refractivity contribution in [1.29, 1.82) is 0 Å². The second kappa shape index (κ2) is 9.48. The summed E-state index contributed by atoms with van der Waals surface area (Å²) in [5, 5.41) is 18.2. The number of rotatable bonds is 6. The molecule has 170 valence electrons. The first-order valence-electron chi connectivity index (χ1n) is 10.5. The number of thiophene rings is 1. The second-order valence-electron chi connectivity index (χ2n) is 8.07. The number of phenols is 1. The summed E-state index contributed by atoms with van der Waals surface area (Å²) in [5.74, 6) is -0.872. The molecule has 2 aromatic rings. The highest BCUT2D eigenvalue weighted by Gasteiger charge is 2.31. The van der Waals surface area contributed by atoms with Crippen molar-refractivity contribution >= 4 is 45.7 Å². The maximum Gasteiger partial charge on any atom is 0.260 e. The van der Waals surface area contributed by atoms with Crippen molar-refractivity contribution in [1.82, 2.24) is 15.1 Å². The summed E-state index contributed by atoms with van der Waals surface area (Å²) in [6.07, 6.45) is 2.11. The second-order valence-corrected chi connectivity index (χ2v) is 9.42. The lowest BCUT2D eigenvalue weighted by Crippen LogP contribution is -2.55. The molecule has 8 nitrogen and oxygen atoms in total. The van der Waals surface area contributed by atoms with Gasteiger partial charge < -0.3 is 20.6 Å². The van der Waals surface area contributed by atoms with Crippen LogP contribution < -0.4 is 10.6 Å². The summed E-state index contributed by atoms with van der Waals surface area (Å²) < 4.78 is 0. The van der Waals surface area contributed by atoms with E-state index in [9.17, 15) is 19.5 Å². The molecule has 1 aliphatic carbocycles. The fourth-order valence-electron chi connectivity index (χ4n) is 3.64. The smallest absolute Gasteiger partial charge is 0.260 e. The first-order valence-corrected chi connectivity index (χ1v) is 11.8. The summed E-state index contributed by atoms with van der Waals surface area (Å²) in [7, 11) is 0. The van der Waals surface area contributed by atoms with Gasteiger partial charge in [0.15, 0.2) is 0 Å². The predicted octanol–water partition coefficient (Wildman–Crippen LogP) is 2.78. The van der Waals surface area contributed by atoms with Crippen molar-refractivity contribution in [2.45, 2.75) is 31.8 Å². The normalized spacial score (nSPS) is 17.6. The van der Waals surface area contributed by atoms with Crippen molar-refractivity contribution in [3.63, 3.8) is 0 Å². The molecule has 1 atom stereocenters. The molecule has 1 aromatic carbocycles. The topological polar surface area (TPSA) is 102 Å². The van der Waals surface area contributed by atoms with Crippen LogP contribution in [0.5, 0.6) is 5.75 Å². The number of amides is 3. The van der Waals surface area contributed by atoms with Gasteiger partial charge in [-0.15, -0.1) is 11.3 Å². The number of phenolic OH excluding ortho intramolecular Hbond substituents is 1. The average Bonchev–Trinajstić information content (AvgIpc) is 3.47. The zero-order chi connectivity index (χ0) is 22.8. The third-order valence-electron chi connectivity index (χ3n) is 5.78. The number of benzene rings is 1. The van der Waals surface area contributed by atoms with E-state index in [0.717, 1.165) is 12.8 Å². The van der Waals surface area contributed by atoms with E-state index in [-0.39, 0.29) is 29.2 Å². The van der Waals surface area contributed by atoms with Crippen LogP contribution in [0, 0.1) is 0 Å². The molecule has 0 spiro atoms. The Morgan fingerprint density at radius 3 is 2.50 bits per heavy atom. The number of hydrogen-bond donors (Lipinski definition) is 3. The van der Waals surface area contributed by atoms with Crippen molar-refractivity contribution in [2.75, 3.05) is 31.5 Å². The van der Waals surface area contributed by atoms with Crippen LogP contribution in [0.3, 0.4) is 0 Å². The number of nitrogens with zero attached hydrogens (tertiary/aromatic N) is 2. The third-order valence-corrected chi connectivity index (χ3v) is 6.84. The van der Waals surface area contributed by atoms with E-state index in [4.69, 9.17) is 11.6 Å². The minimum atomic E-state index is -0.518. The van der Waals surface area contributed by atoms with E-state index in [0.29, 0.717) is 47.8 Å². The number of anilines is 1. The summed E-state index contributed by atoms with van der Waals surface area (Å²) in [4.78, 5) is 41.8. The molecule has 3 N–H and O–H groups in total. The van der Waals surface area contributed by atoms with E-state index in [1.807, 2.05) is 6.92 Å². The van der Waals surface area contributed by atoms with Crippen molar-refractivity contribution < 1.29 is 19.5 Å². The van der Waals surface area contributed by atoms with Crippen LogP contribution >= 0.6 is 22.9 Å². The Hall–Kier alpha value is -2.62. The van der Waals surface area contributed by atoms with Crippen LogP contribution in [0.25, 0.3) is 0 Å². The number of halogens is 1. The maximum atomic E-state index is 13.1. The van der Waals surface area contributed by atoms with Gasteiger partial charge in [-0.05, 0) is 49.4 Å². The van der Waals surface area contributed by atoms with Crippen LogP contribution in [-0.2, 0) is 4.79 Å². The number of aromatic hydroxyl groups is 1. The van der Waals surface area contributed by atoms with Gasteiger partial charge in [0.05, 0.1) is 17.2 Å². The number of nitrogens with one attached hydrogen (secondary N) is 2. The van der Waals surface area contributed by atoms with Crippen LogP contribution in [-0.4, -0.2) is 70.9 Å². The molecule has 3 amide bonds. The number of hydrogen-bond acceptors (Lipinski definition) is 6. The Kier molecular flexibility index (Phi) is 6.68. The highest BCUT2D eigenvalue weighted by atomic mass is 35.5. The van der Waals surface area contributed by atoms with E-state index in [1.165, 1.54) is 29.5 Å². The Balaban J connectivity index is 1.36. The fraction of sp³-hybridized carbons (Fsp3) is 0.409. The molecule has 0 bridgehead atoms. The van der Waals surface area contributed by atoms with E-state index in [2.05, 4.69) is 15.5 Å². The first-order chi connectivity index (χ1) is 15.3. The van der Waals surface area contributed by atoms with Crippen molar-refractivity contribution in [2.24, 2.45) is 0 Å². The Bertz CT molecular complexity index is 1030. The number of carbonyl (C=O) groups is 3. The van der Waals surface area contributed by atoms with Gasteiger partial charge in [-0.1, -0.05) is 11.6 Å². The largest absolute Gasteiger partial charge is 0.507 e. The summed E-state index contributed by atoms with van der Waals surface area (Å²) in [5.41, 5.74) is 0.484. The maximum absolute atomic E-state index is 13.1. The SMILES string of the molecule is C[C@H](C(=O)NC1CC1)N1CCN(C(=O)c2ccsc2NC(=O)c2ccc(Cl)cc2O)CC1. The molecular formula is C22H25ClN4O4S. The van der Waals surface area contributed by atoms with Gasteiger partial charge in [0.1, 0.15) is 10.8 Å². The lowest BCUT2D eigenvalue weighted by atomic mass is 10.1. The molecule has 32 heavy (non-hydrogen) atoms. The van der Waals surface area contributed by atoms with Gasteiger partial charge in [0, 0.05) is 37.2 Å². The molecule has 0 radical (unpaired) electrons. The quantitative estimate of drug-likeness (QED) is 0.595. The van der Waals surface area contributed by atoms with Gasteiger partial charge in [-0.2, -0.15) is 0 Å². The van der Waals surface area contributed by atoms with Crippen LogP contribution in [0.15, 0.2) is 29.6 Å².